The van der Waals surface area contributed by atoms with Gasteiger partial charge in [0.1, 0.15) is 0 Å². The van der Waals surface area contributed by atoms with Gasteiger partial charge in [0.05, 0.1) is 11.4 Å². The molecule has 0 radical (unpaired) electrons. The van der Waals surface area contributed by atoms with Crippen LogP contribution in [0, 0.1) is 0 Å². The van der Waals surface area contributed by atoms with Crippen molar-refractivity contribution in [2.45, 2.75) is 4.90 Å². The Morgan fingerprint density at radius 1 is 1.10 bits per heavy atom. The number of anilines is 1. The third-order valence-corrected chi connectivity index (χ3v) is 3.92. The smallest absolute Gasteiger partial charge is 0.213 e. The van der Waals surface area contributed by atoms with Crippen LogP contribution in [-0.2, 0) is 4.79 Å². The summed E-state index contributed by atoms with van der Waals surface area (Å²) in [4.78, 5) is 25.4. The maximum absolute atomic E-state index is 12.1. The maximum atomic E-state index is 12.1. The Hall–Kier alpha value is -2.07. The normalized spacial score (nSPS) is 10.1. The average Bonchev–Trinajstić information content (AvgIpc) is 2.53. The molecule has 0 saturated heterocycles. The SMILES string of the molecule is CN(C=O)c1ccccc1SCC(=O)c1ccccc1. The van der Waals surface area contributed by atoms with Gasteiger partial charge in [-0.25, -0.2) is 0 Å². The van der Waals surface area contributed by atoms with Crippen LogP contribution in [0.3, 0.4) is 0 Å². The number of amides is 1. The summed E-state index contributed by atoms with van der Waals surface area (Å²) in [6, 6.07) is 16.8. The van der Waals surface area contributed by atoms with Gasteiger partial charge in [0.25, 0.3) is 0 Å². The van der Waals surface area contributed by atoms with Crippen molar-refractivity contribution in [1.29, 1.82) is 0 Å². The summed E-state index contributed by atoms with van der Waals surface area (Å²) >= 11 is 1.44. The maximum Gasteiger partial charge on any atom is 0.213 e. The zero-order chi connectivity index (χ0) is 14.4. The van der Waals surface area contributed by atoms with Gasteiger partial charge in [0, 0.05) is 17.5 Å². The highest BCUT2D eigenvalue weighted by molar-refractivity contribution is 8.00. The number of hydrogen-bond acceptors (Lipinski definition) is 3. The van der Waals surface area contributed by atoms with Crippen molar-refractivity contribution in [2.75, 3.05) is 17.7 Å². The number of carbonyl (C=O) groups is 2. The van der Waals surface area contributed by atoms with E-state index in [4.69, 9.17) is 0 Å². The standard InChI is InChI=1S/C16H15NO2S/c1-17(12-18)14-9-5-6-10-16(14)20-11-15(19)13-7-3-2-4-8-13/h2-10,12H,11H2,1H3. The number of hydrogen-bond donors (Lipinski definition) is 0. The molecular weight excluding hydrogens is 270 g/mol. The van der Waals surface area contributed by atoms with Gasteiger partial charge in [-0.15, -0.1) is 11.8 Å². The molecule has 0 aliphatic carbocycles. The molecule has 0 spiro atoms. The molecule has 0 saturated carbocycles. The first-order valence-corrected chi connectivity index (χ1v) is 7.19. The first-order chi connectivity index (χ1) is 9.72. The van der Waals surface area contributed by atoms with E-state index in [1.165, 1.54) is 16.7 Å². The zero-order valence-corrected chi connectivity index (χ0v) is 12.0. The van der Waals surface area contributed by atoms with Crippen molar-refractivity contribution in [3.63, 3.8) is 0 Å². The predicted molar refractivity (Wildman–Crippen MR) is 82.4 cm³/mol. The minimum Gasteiger partial charge on any atom is -0.317 e. The molecule has 0 atom stereocenters. The summed E-state index contributed by atoms with van der Waals surface area (Å²) in [5.74, 6) is 0.437. The van der Waals surface area contributed by atoms with E-state index in [1.54, 1.807) is 7.05 Å². The number of benzene rings is 2. The lowest BCUT2D eigenvalue weighted by Crippen LogP contribution is -2.14. The van der Waals surface area contributed by atoms with Gasteiger partial charge in [-0.1, -0.05) is 42.5 Å². The van der Waals surface area contributed by atoms with Gasteiger partial charge in [-0.05, 0) is 12.1 Å². The monoisotopic (exact) mass is 285 g/mol. The van der Waals surface area contributed by atoms with Crippen molar-refractivity contribution in [3.8, 4) is 0 Å². The molecule has 0 bridgehead atoms. The summed E-state index contributed by atoms with van der Waals surface area (Å²) in [7, 11) is 1.70. The molecule has 0 aliphatic rings. The highest BCUT2D eigenvalue weighted by Crippen LogP contribution is 2.29. The molecule has 2 rings (SSSR count). The Morgan fingerprint density at radius 3 is 2.45 bits per heavy atom. The molecule has 0 aliphatic heterocycles. The van der Waals surface area contributed by atoms with Gasteiger partial charge in [0.15, 0.2) is 5.78 Å². The van der Waals surface area contributed by atoms with Gasteiger partial charge in [-0.2, -0.15) is 0 Å². The van der Waals surface area contributed by atoms with Crippen LogP contribution in [0.2, 0.25) is 0 Å². The first-order valence-electron chi connectivity index (χ1n) is 6.20. The van der Waals surface area contributed by atoms with E-state index in [2.05, 4.69) is 0 Å². The van der Waals surface area contributed by atoms with Crippen molar-refractivity contribution in [3.05, 3.63) is 60.2 Å². The molecule has 102 valence electrons. The average molecular weight is 285 g/mol. The van der Waals surface area contributed by atoms with Crippen LogP contribution in [0.15, 0.2) is 59.5 Å². The molecule has 0 fully saturated rings. The van der Waals surface area contributed by atoms with Gasteiger partial charge in [-0.3, -0.25) is 9.59 Å². The molecule has 20 heavy (non-hydrogen) atoms. The van der Waals surface area contributed by atoms with E-state index in [-0.39, 0.29) is 5.78 Å². The summed E-state index contributed by atoms with van der Waals surface area (Å²) in [5, 5.41) is 0. The molecule has 2 aromatic rings. The van der Waals surface area contributed by atoms with Crippen LogP contribution < -0.4 is 4.90 Å². The van der Waals surface area contributed by atoms with Gasteiger partial charge >= 0.3 is 0 Å². The van der Waals surface area contributed by atoms with E-state index < -0.39 is 0 Å². The highest BCUT2D eigenvalue weighted by Gasteiger charge is 2.10. The molecule has 0 unspecified atom stereocenters. The summed E-state index contributed by atoms with van der Waals surface area (Å²) < 4.78 is 0. The Kier molecular flexibility index (Phi) is 4.96. The minimum absolute atomic E-state index is 0.0826. The number of para-hydroxylation sites is 1. The Labute approximate surface area is 122 Å². The molecule has 2 aromatic carbocycles. The second kappa shape index (κ2) is 6.91. The van der Waals surface area contributed by atoms with E-state index in [0.717, 1.165) is 17.0 Å². The number of Topliss-reactive ketones (excluding diaryl/α,β-unsaturated/α-hetero) is 1. The number of carbonyl (C=O) groups excluding carboxylic acids is 2. The molecular formula is C16H15NO2S. The number of nitrogens with zero attached hydrogens (tertiary/aromatic N) is 1. The summed E-state index contributed by atoms with van der Waals surface area (Å²) in [5.41, 5.74) is 1.52. The quantitative estimate of drug-likeness (QED) is 0.464. The Bertz CT molecular complexity index is 598. The van der Waals surface area contributed by atoms with E-state index in [1.807, 2.05) is 54.6 Å². The topological polar surface area (TPSA) is 37.4 Å². The number of thioether (sulfide) groups is 1. The minimum atomic E-state index is 0.0826. The van der Waals surface area contributed by atoms with E-state index >= 15 is 0 Å². The largest absolute Gasteiger partial charge is 0.317 e. The fraction of sp³-hybridized carbons (Fsp3) is 0.125. The van der Waals surface area contributed by atoms with Gasteiger partial charge < -0.3 is 4.90 Å². The molecule has 0 heterocycles. The van der Waals surface area contributed by atoms with Crippen molar-refractivity contribution < 1.29 is 9.59 Å². The van der Waals surface area contributed by atoms with Crippen molar-refractivity contribution >= 4 is 29.6 Å². The van der Waals surface area contributed by atoms with Crippen LogP contribution in [0.4, 0.5) is 5.69 Å². The highest BCUT2D eigenvalue weighted by atomic mass is 32.2. The van der Waals surface area contributed by atoms with E-state index in [9.17, 15) is 9.59 Å². The van der Waals surface area contributed by atoms with Crippen molar-refractivity contribution in [1.82, 2.24) is 0 Å². The summed E-state index contributed by atoms with van der Waals surface area (Å²) in [6.45, 7) is 0. The van der Waals surface area contributed by atoms with Crippen LogP contribution in [-0.4, -0.2) is 25.0 Å². The fourth-order valence-electron chi connectivity index (χ4n) is 1.78. The van der Waals surface area contributed by atoms with Crippen LogP contribution >= 0.6 is 11.8 Å². The third-order valence-electron chi connectivity index (χ3n) is 2.86. The van der Waals surface area contributed by atoms with Crippen LogP contribution in [0.5, 0.6) is 0 Å². The first kappa shape index (κ1) is 14.3. The molecule has 0 N–H and O–H groups in total. The lowest BCUT2D eigenvalue weighted by Gasteiger charge is -2.15. The third kappa shape index (κ3) is 3.48. The van der Waals surface area contributed by atoms with Crippen molar-refractivity contribution in [2.24, 2.45) is 0 Å². The molecule has 1 amide bonds. The van der Waals surface area contributed by atoms with E-state index in [0.29, 0.717) is 11.3 Å². The van der Waals surface area contributed by atoms with Crippen LogP contribution in [0.1, 0.15) is 10.4 Å². The number of ketones is 1. The second-order valence-electron chi connectivity index (χ2n) is 4.26. The number of rotatable bonds is 6. The summed E-state index contributed by atoms with van der Waals surface area (Å²) in [6.07, 6.45) is 0.762. The van der Waals surface area contributed by atoms with Gasteiger partial charge in [0.2, 0.25) is 6.41 Å². The van der Waals surface area contributed by atoms with Crippen LogP contribution in [0.25, 0.3) is 0 Å². The predicted octanol–water partition coefficient (Wildman–Crippen LogP) is 3.25. The molecule has 3 nitrogen and oxygen atoms in total. The molecule has 4 heteroatoms. The lowest BCUT2D eigenvalue weighted by atomic mass is 10.2. The fourth-order valence-corrected chi connectivity index (χ4v) is 2.77. The molecule has 0 aromatic heterocycles. The zero-order valence-electron chi connectivity index (χ0n) is 11.2. The lowest BCUT2D eigenvalue weighted by molar-refractivity contribution is -0.107. The Morgan fingerprint density at radius 2 is 1.75 bits per heavy atom. The second-order valence-corrected chi connectivity index (χ2v) is 5.28. The Balaban J connectivity index is 2.08.